The first kappa shape index (κ1) is 22.4. The number of hydrogen-bond acceptors (Lipinski definition) is 6. The SMILES string of the molecule is COc1ccc(C=Cc2onc(C)c2NC(C)=O)cc1S(=O)(=O)Nc1cccc(Cl)c1. The van der Waals surface area contributed by atoms with Crippen molar-refractivity contribution in [2.75, 3.05) is 17.1 Å². The molecule has 0 aliphatic carbocycles. The number of nitrogens with one attached hydrogen (secondary N) is 2. The van der Waals surface area contributed by atoms with Crippen molar-refractivity contribution in [2.45, 2.75) is 18.7 Å². The van der Waals surface area contributed by atoms with Gasteiger partial charge in [0.25, 0.3) is 10.0 Å². The largest absolute Gasteiger partial charge is 0.495 e. The Morgan fingerprint density at radius 2 is 1.97 bits per heavy atom. The molecule has 1 aromatic heterocycles. The molecule has 0 fully saturated rings. The van der Waals surface area contributed by atoms with Crippen molar-refractivity contribution in [3.63, 3.8) is 0 Å². The molecule has 2 aromatic carbocycles. The van der Waals surface area contributed by atoms with Crippen LogP contribution in [-0.4, -0.2) is 26.6 Å². The highest BCUT2D eigenvalue weighted by Crippen LogP contribution is 2.29. The van der Waals surface area contributed by atoms with Gasteiger partial charge in [-0.15, -0.1) is 0 Å². The van der Waals surface area contributed by atoms with Gasteiger partial charge in [0.2, 0.25) is 5.91 Å². The van der Waals surface area contributed by atoms with E-state index in [0.717, 1.165) is 0 Å². The quantitative estimate of drug-likeness (QED) is 0.533. The highest BCUT2D eigenvalue weighted by atomic mass is 35.5. The standard InChI is InChI=1S/C21H20ClN3O5S/c1-13-21(23-14(2)26)19(30-24-13)10-8-15-7-9-18(29-3)20(11-15)31(27,28)25-17-6-4-5-16(22)12-17/h4-12,25H,1-3H3,(H,23,26). The average Bonchev–Trinajstić information content (AvgIpc) is 3.05. The van der Waals surface area contributed by atoms with Crippen molar-refractivity contribution >= 4 is 51.1 Å². The summed E-state index contributed by atoms with van der Waals surface area (Å²) in [5, 5.41) is 6.91. The number of aromatic nitrogens is 1. The number of carbonyl (C=O) groups excluding carboxylic acids is 1. The van der Waals surface area contributed by atoms with Crippen molar-refractivity contribution < 1.29 is 22.5 Å². The second-order valence-corrected chi connectivity index (χ2v) is 8.64. The van der Waals surface area contributed by atoms with Crippen molar-refractivity contribution in [1.82, 2.24) is 5.16 Å². The Labute approximate surface area is 184 Å². The number of halogens is 1. The number of benzene rings is 2. The van der Waals surface area contributed by atoms with Gasteiger partial charge < -0.3 is 14.6 Å². The summed E-state index contributed by atoms with van der Waals surface area (Å²) in [4.78, 5) is 11.3. The van der Waals surface area contributed by atoms with Crippen LogP contribution in [0, 0.1) is 6.92 Å². The van der Waals surface area contributed by atoms with E-state index in [4.69, 9.17) is 20.9 Å². The third-order valence-electron chi connectivity index (χ3n) is 4.17. The van der Waals surface area contributed by atoms with Gasteiger partial charge in [0.05, 0.1) is 12.8 Å². The number of ether oxygens (including phenoxy) is 1. The molecule has 3 rings (SSSR count). The molecule has 0 aliphatic rings. The summed E-state index contributed by atoms with van der Waals surface area (Å²) in [7, 11) is -2.57. The van der Waals surface area contributed by atoms with Crippen LogP contribution in [0.4, 0.5) is 11.4 Å². The van der Waals surface area contributed by atoms with Crippen molar-refractivity contribution in [3.8, 4) is 5.75 Å². The first-order chi connectivity index (χ1) is 14.7. The summed E-state index contributed by atoms with van der Waals surface area (Å²) in [5.74, 6) is 0.261. The van der Waals surface area contributed by atoms with Gasteiger partial charge in [0, 0.05) is 11.9 Å². The van der Waals surface area contributed by atoms with Gasteiger partial charge in [-0.3, -0.25) is 9.52 Å². The van der Waals surface area contributed by atoms with Crippen LogP contribution in [-0.2, 0) is 14.8 Å². The van der Waals surface area contributed by atoms with Crippen LogP contribution in [0.1, 0.15) is 23.9 Å². The first-order valence-corrected chi connectivity index (χ1v) is 10.9. The zero-order valence-electron chi connectivity index (χ0n) is 17.0. The number of sulfonamides is 1. The molecule has 0 saturated heterocycles. The summed E-state index contributed by atoms with van der Waals surface area (Å²) in [6.45, 7) is 3.08. The summed E-state index contributed by atoms with van der Waals surface area (Å²) in [6, 6.07) is 11.1. The van der Waals surface area contributed by atoms with Crippen molar-refractivity contribution in [2.24, 2.45) is 0 Å². The van der Waals surface area contributed by atoms with Crippen molar-refractivity contribution in [1.29, 1.82) is 0 Å². The Morgan fingerprint density at radius 3 is 2.65 bits per heavy atom. The molecular formula is C21H20ClN3O5S. The lowest BCUT2D eigenvalue weighted by atomic mass is 10.2. The van der Waals surface area contributed by atoms with Gasteiger partial charge >= 0.3 is 0 Å². The molecular weight excluding hydrogens is 442 g/mol. The maximum atomic E-state index is 13.0. The van der Waals surface area contributed by atoms with E-state index in [9.17, 15) is 13.2 Å². The number of amides is 1. The lowest BCUT2D eigenvalue weighted by Gasteiger charge is -2.12. The summed E-state index contributed by atoms with van der Waals surface area (Å²) in [5.41, 5.74) is 1.87. The van der Waals surface area contributed by atoms with Gasteiger partial charge in [0.15, 0.2) is 5.76 Å². The highest BCUT2D eigenvalue weighted by molar-refractivity contribution is 7.92. The van der Waals surface area contributed by atoms with Gasteiger partial charge in [-0.25, -0.2) is 8.42 Å². The molecule has 0 aliphatic heterocycles. The average molecular weight is 462 g/mol. The number of aryl methyl sites for hydroxylation is 1. The predicted molar refractivity (Wildman–Crippen MR) is 120 cm³/mol. The molecule has 8 nitrogen and oxygen atoms in total. The maximum Gasteiger partial charge on any atom is 0.265 e. The zero-order valence-corrected chi connectivity index (χ0v) is 18.5. The van der Waals surface area contributed by atoms with E-state index < -0.39 is 10.0 Å². The maximum absolute atomic E-state index is 13.0. The van der Waals surface area contributed by atoms with E-state index in [2.05, 4.69) is 15.2 Å². The number of nitrogens with zero attached hydrogens (tertiary/aromatic N) is 1. The van der Waals surface area contributed by atoms with E-state index in [0.29, 0.717) is 33.4 Å². The third kappa shape index (κ3) is 5.44. The summed E-state index contributed by atoms with van der Waals surface area (Å²) >= 11 is 5.94. The molecule has 2 N–H and O–H groups in total. The molecule has 0 bridgehead atoms. The minimum Gasteiger partial charge on any atom is -0.495 e. The molecule has 0 atom stereocenters. The fraction of sp³-hybridized carbons (Fsp3) is 0.143. The molecule has 0 saturated carbocycles. The molecule has 162 valence electrons. The van der Waals surface area contributed by atoms with Crippen LogP contribution in [0.2, 0.25) is 5.02 Å². The smallest absolute Gasteiger partial charge is 0.265 e. The zero-order chi connectivity index (χ0) is 22.6. The Balaban J connectivity index is 1.94. The predicted octanol–water partition coefficient (Wildman–Crippen LogP) is 4.57. The monoisotopic (exact) mass is 461 g/mol. The topological polar surface area (TPSA) is 111 Å². The minimum atomic E-state index is -3.96. The second kappa shape index (κ2) is 9.23. The molecule has 0 unspecified atom stereocenters. The molecule has 10 heteroatoms. The Bertz CT molecular complexity index is 1250. The van der Waals surface area contributed by atoms with E-state index >= 15 is 0 Å². The van der Waals surface area contributed by atoms with Gasteiger partial charge in [0.1, 0.15) is 22.0 Å². The Morgan fingerprint density at radius 1 is 1.19 bits per heavy atom. The Kier molecular flexibility index (Phi) is 6.67. The molecule has 3 aromatic rings. The number of rotatable bonds is 7. The van der Waals surface area contributed by atoms with Crippen molar-refractivity contribution in [3.05, 3.63) is 64.5 Å². The van der Waals surface area contributed by atoms with Crippen LogP contribution in [0.25, 0.3) is 12.2 Å². The van der Waals surface area contributed by atoms with Gasteiger partial charge in [-0.1, -0.05) is 35.0 Å². The number of carbonyl (C=O) groups is 1. The minimum absolute atomic E-state index is 0.0482. The van der Waals surface area contributed by atoms with E-state index in [1.807, 2.05) is 0 Å². The molecule has 1 heterocycles. The van der Waals surface area contributed by atoms with Crippen LogP contribution in [0.3, 0.4) is 0 Å². The second-order valence-electron chi connectivity index (χ2n) is 6.55. The summed E-state index contributed by atoms with van der Waals surface area (Å²) in [6.07, 6.45) is 3.23. The van der Waals surface area contributed by atoms with Gasteiger partial charge in [-0.05, 0) is 48.9 Å². The Hall–Kier alpha value is -3.30. The van der Waals surface area contributed by atoms with Crippen LogP contribution >= 0.6 is 11.6 Å². The van der Waals surface area contributed by atoms with Crippen LogP contribution in [0.5, 0.6) is 5.75 Å². The highest BCUT2D eigenvalue weighted by Gasteiger charge is 2.20. The van der Waals surface area contributed by atoms with Crippen LogP contribution < -0.4 is 14.8 Å². The lowest BCUT2D eigenvalue weighted by molar-refractivity contribution is -0.114. The molecule has 1 amide bonds. The van der Waals surface area contributed by atoms with Crippen LogP contribution in [0.15, 0.2) is 51.9 Å². The molecule has 31 heavy (non-hydrogen) atoms. The fourth-order valence-corrected chi connectivity index (χ4v) is 4.22. The van der Waals surface area contributed by atoms with E-state index in [-0.39, 0.29) is 16.6 Å². The number of anilines is 2. The van der Waals surface area contributed by atoms with E-state index in [1.54, 1.807) is 49.4 Å². The lowest BCUT2D eigenvalue weighted by Crippen LogP contribution is -2.14. The summed E-state index contributed by atoms with van der Waals surface area (Å²) < 4.78 is 38.9. The number of methoxy groups -OCH3 is 1. The molecule has 0 spiro atoms. The fourth-order valence-electron chi connectivity index (χ4n) is 2.77. The number of hydrogen-bond donors (Lipinski definition) is 2. The molecule has 0 radical (unpaired) electrons. The normalized spacial score (nSPS) is 11.5. The van der Waals surface area contributed by atoms with Gasteiger partial charge in [-0.2, -0.15) is 0 Å². The van der Waals surface area contributed by atoms with E-state index in [1.165, 1.54) is 26.2 Å². The third-order valence-corrected chi connectivity index (χ3v) is 5.81. The first-order valence-electron chi connectivity index (χ1n) is 9.08.